The first kappa shape index (κ1) is 10.7. The summed E-state index contributed by atoms with van der Waals surface area (Å²) in [7, 11) is 0. The van der Waals surface area contributed by atoms with Crippen molar-refractivity contribution >= 4 is 0 Å². The van der Waals surface area contributed by atoms with Crippen molar-refractivity contribution in [3.05, 3.63) is 12.4 Å². The Hall–Kier alpha value is -0.860. The molecule has 1 aliphatic rings. The Kier molecular flexibility index (Phi) is 2.36. The third-order valence-corrected chi connectivity index (χ3v) is 4.76. The highest BCUT2D eigenvalue weighted by Gasteiger charge is 2.48. The third kappa shape index (κ3) is 1.68. The highest BCUT2D eigenvalue weighted by Crippen LogP contribution is 2.55. The Morgan fingerprint density at radius 1 is 1.33 bits per heavy atom. The van der Waals surface area contributed by atoms with Crippen LogP contribution in [0.5, 0.6) is 0 Å². The highest BCUT2D eigenvalue weighted by atomic mass is 15.4. The first-order valence-corrected chi connectivity index (χ1v) is 5.77. The molecule has 1 aromatic heterocycles. The van der Waals surface area contributed by atoms with Crippen LogP contribution in [0.3, 0.4) is 0 Å². The van der Waals surface area contributed by atoms with Crippen molar-refractivity contribution < 1.29 is 0 Å². The van der Waals surface area contributed by atoms with Gasteiger partial charge in [0, 0.05) is 12.7 Å². The van der Waals surface area contributed by atoms with Gasteiger partial charge in [-0.1, -0.05) is 32.9 Å². The largest absolute Gasteiger partial charge is 0.252 e. The molecule has 0 aromatic carbocycles. The molecule has 0 amide bonds. The lowest BCUT2D eigenvalue weighted by atomic mass is 9.67. The van der Waals surface area contributed by atoms with Gasteiger partial charge < -0.3 is 0 Å². The lowest BCUT2D eigenvalue weighted by Gasteiger charge is -2.39. The molecule has 1 aliphatic carbocycles. The number of aromatic nitrogens is 3. The van der Waals surface area contributed by atoms with E-state index in [0.29, 0.717) is 16.7 Å². The van der Waals surface area contributed by atoms with Crippen molar-refractivity contribution in [1.29, 1.82) is 0 Å². The summed E-state index contributed by atoms with van der Waals surface area (Å²) in [4.78, 5) is 0. The van der Waals surface area contributed by atoms with Gasteiger partial charge in [-0.2, -0.15) is 0 Å². The van der Waals surface area contributed by atoms with Gasteiger partial charge in [0.05, 0.1) is 6.20 Å². The number of rotatable bonds is 2. The molecule has 1 fully saturated rings. The Labute approximate surface area is 91.9 Å². The molecule has 84 valence electrons. The van der Waals surface area contributed by atoms with Crippen molar-refractivity contribution in [1.82, 2.24) is 15.0 Å². The molecule has 0 spiro atoms. The van der Waals surface area contributed by atoms with Crippen LogP contribution in [-0.2, 0) is 6.54 Å². The molecule has 15 heavy (non-hydrogen) atoms. The number of hydrogen-bond acceptors (Lipinski definition) is 2. The van der Waals surface area contributed by atoms with Crippen molar-refractivity contribution in [2.75, 3.05) is 0 Å². The molecule has 0 aliphatic heterocycles. The second kappa shape index (κ2) is 3.32. The molecule has 0 radical (unpaired) electrons. The Balaban J connectivity index is 2.12. The summed E-state index contributed by atoms with van der Waals surface area (Å²) in [5.74, 6) is 0.717. The summed E-state index contributed by atoms with van der Waals surface area (Å²) < 4.78 is 1.97. The zero-order valence-corrected chi connectivity index (χ0v) is 10.2. The lowest BCUT2D eigenvalue weighted by Crippen LogP contribution is -2.33. The number of nitrogens with zero attached hydrogens (tertiary/aromatic N) is 3. The van der Waals surface area contributed by atoms with Crippen LogP contribution < -0.4 is 0 Å². The highest BCUT2D eigenvalue weighted by molar-refractivity contribution is 4.97. The Morgan fingerprint density at radius 2 is 2.07 bits per heavy atom. The summed E-state index contributed by atoms with van der Waals surface area (Å²) in [5.41, 5.74) is 0.831. The maximum absolute atomic E-state index is 4.06. The van der Waals surface area contributed by atoms with Crippen LogP contribution in [0.1, 0.15) is 40.5 Å². The number of hydrogen-bond donors (Lipinski definition) is 0. The van der Waals surface area contributed by atoms with E-state index in [-0.39, 0.29) is 0 Å². The van der Waals surface area contributed by atoms with E-state index in [1.807, 2.05) is 10.9 Å². The van der Waals surface area contributed by atoms with Crippen LogP contribution in [0.15, 0.2) is 12.4 Å². The molecule has 3 heteroatoms. The molecule has 0 bridgehead atoms. The summed E-state index contributed by atoms with van der Waals surface area (Å²) in [6, 6.07) is 0. The van der Waals surface area contributed by atoms with Crippen LogP contribution in [0.25, 0.3) is 0 Å². The summed E-state index contributed by atoms with van der Waals surface area (Å²) >= 11 is 0. The molecule has 0 N–H and O–H groups in total. The molecular weight excluding hydrogens is 186 g/mol. The molecule has 1 heterocycles. The van der Waals surface area contributed by atoms with E-state index in [1.165, 1.54) is 12.8 Å². The molecular formula is C12H21N3. The van der Waals surface area contributed by atoms with Crippen molar-refractivity contribution in [2.45, 2.75) is 47.1 Å². The first-order chi connectivity index (χ1) is 6.93. The fourth-order valence-corrected chi connectivity index (χ4v) is 2.65. The molecule has 3 nitrogen and oxygen atoms in total. The molecule has 1 unspecified atom stereocenters. The quantitative estimate of drug-likeness (QED) is 0.746. The summed E-state index contributed by atoms with van der Waals surface area (Å²) in [5, 5.41) is 7.92. The average molecular weight is 207 g/mol. The molecule has 1 atom stereocenters. The fourth-order valence-electron chi connectivity index (χ4n) is 2.65. The standard InChI is InChI=1S/C12H21N3/c1-11(2)6-5-10(12(11,3)4)9-15-8-7-13-14-15/h7-8,10H,5-6,9H2,1-4H3. The minimum absolute atomic E-state index is 0.388. The van der Waals surface area contributed by atoms with Gasteiger partial charge >= 0.3 is 0 Å². The van der Waals surface area contributed by atoms with E-state index >= 15 is 0 Å². The minimum Gasteiger partial charge on any atom is -0.252 e. The maximum atomic E-state index is 4.06. The van der Waals surface area contributed by atoms with E-state index in [2.05, 4.69) is 38.0 Å². The van der Waals surface area contributed by atoms with E-state index < -0.39 is 0 Å². The monoisotopic (exact) mass is 207 g/mol. The van der Waals surface area contributed by atoms with Gasteiger partial charge in [0.15, 0.2) is 0 Å². The smallest absolute Gasteiger partial charge is 0.0692 e. The van der Waals surface area contributed by atoms with Gasteiger partial charge in [0.1, 0.15) is 0 Å². The zero-order chi connectivity index (χ0) is 11.1. The predicted molar refractivity (Wildman–Crippen MR) is 60.3 cm³/mol. The van der Waals surface area contributed by atoms with E-state index in [0.717, 1.165) is 6.54 Å². The third-order valence-electron chi connectivity index (χ3n) is 4.76. The van der Waals surface area contributed by atoms with Gasteiger partial charge in [0.2, 0.25) is 0 Å². The van der Waals surface area contributed by atoms with Crippen LogP contribution in [-0.4, -0.2) is 15.0 Å². The topological polar surface area (TPSA) is 30.7 Å². The second-order valence-electron chi connectivity index (χ2n) is 5.97. The zero-order valence-electron chi connectivity index (χ0n) is 10.2. The summed E-state index contributed by atoms with van der Waals surface area (Å²) in [6.45, 7) is 10.6. The molecule has 1 aromatic rings. The van der Waals surface area contributed by atoms with Crippen molar-refractivity contribution in [3.63, 3.8) is 0 Å². The Morgan fingerprint density at radius 3 is 2.53 bits per heavy atom. The van der Waals surface area contributed by atoms with Crippen molar-refractivity contribution in [2.24, 2.45) is 16.7 Å². The van der Waals surface area contributed by atoms with Crippen LogP contribution >= 0.6 is 0 Å². The van der Waals surface area contributed by atoms with Gasteiger partial charge in [0.25, 0.3) is 0 Å². The first-order valence-electron chi connectivity index (χ1n) is 5.77. The van der Waals surface area contributed by atoms with Crippen molar-refractivity contribution in [3.8, 4) is 0 Å². The molecule has 1 saturated carbocycles. The van der Waals surface area contributed by atoms with Gasteiger partial charge in [-0.25, -0.2) is 0 Å². The van der Waals surface area contributed by atoms with Crippen LogP contribution in [0.4, 0.5) is 0 Å². The normalized spacial score (nSPS) is 28.1. The molecule has 2 rings (SSSR count). The predicted octanol–water partition coefficient (Wildman–Crippen LogP) is 2.74. The van der Waals surface area contributed by atoms with Crippen LogP contribution in [0, 0.1) is 16.7 Å². The summed E-state index contributed by atoms with van der Waals surface area (Å²) in [6.07, 6.45) is 6.34. The SMILES string of the molecule is CC1(C)CCC(Cn2ccnn2)C1(C)C. The Bertz CT molecular complexity index is 325. The van der Waals surface area contributed by atoms with E-state index in [4.69, 9.17) is 0 Å². The molecule has 0 saturated heterocycles. The van der Waals surface area contributed by atoms with Gasteiger partial charge in [-0.05, 0) is 29.6 Å². The van der Waals surface area contributed by atoms with Gasteiger partial charge in [-0.3, -0.25) is 4.68 Å². The van der Waals surface area contributed by atoms with Crippen LogP contribution in [0.2, 0.25) is 0 Å². The second-order valence-corrected chi connectivity index (χ2v) is 5.97. The average Bonchev–Trinajstić information content (AvgIpc) is 2.69. The fraction of sp³-hybridized carbons (Fsp3) is 0.833. The van der Waals surface area contributed by atoms with E-state index in [1.54, 1.807) is 6.20 Å². The lowest BCUT2D eigenvalue weighted by molar-refractivity contribution is 0.0954. The maximum Gasteiger partial charge on any atom is 0.0692 e. The van der Waals surface area contributed by atoms with E-state index in [9.17, 15) is 0 Å². The minimum atomic E-state index is 0.388. The van der Waals surface area contributed by atoms with Gasteiger partial charge in [-0.15, -0.1) is 5.10 Å².